The maximum absolute atomic E-state index is 12.1. The highest BCUT2D eigenvalue weighted by Crippen LogP contribution is 2.19. The van der Waals surface area contributed by atoms with E-state index in [-0.39, 0.29) is 4.90 Å². The number of aromatic amines is 1. The number of sulfonamides is 1. The molecule has 1 aromatic carbocycles. The Bertz CT molecular complexity index is 635. The first-order valence-electron chi connectivity index (χ1n) is 5.33. The van der Waals surface area contributed by atoms with Crippen molar-refractivity contribution in [2.45, 2.75) is 18.2 Å². The molecule has 7 heteroatoms. The van der Waals surface area contributed by atoms with Crippen molar-refractivity contribution in [1.29, 1.82) is 0 Å². The van der Waals surface area contributed by atoms with Gasteiger partial charge in [0, 0.05) is 10.0 Å². The van der Waals surface area contributed by atoms with Gasteiger partial charge in [0.1, 0.15) is 5.82 Å². The van der Waals surface area contributed by atoms with Crippen LogP contribution in [0, 0.1) is 0 Å². The van der Waals surface area contributed by atoms with Crippen LogP contribution in [0.4, 0.5) is 5.82 Å². The zero-order valence-corrected chi connectivity index (χ0v) is 12.0. The van der Waals surface area contributed by atoms with Crippen LogP contribution in [-0.4, -0.2) is 18.6 Å². The zero-order chi connectivity index (χ0) is 13.2. The lowest BCUT2D eigenvalue weighted by Gasteiger charge is -2.07. The summed E-state index contributed by atoms with van der Waals surface area (Å²) in [4.78, 5) is 0.211. The summed E-state index contributed by atoms with van der Waals surface area (Å²) in [5, 5.41) is 6.47. The number of H-pyrrole nitrogens is 1. The Morgan fingerprint density at radius 3 is 2.61 bits per heavy atom. The summed E-state index contributed by atoms with van der Waals surface area (Å²) in [5.74, 6) is 0.417. The highest BCUT2D eigenvalue weighted by molar-refractivity contribution is 9.10. The molecule has 2 N–H and O–H groups in total. The number of benzene rings is 1. The molecule has 5 nitrogen and oxygen atoms in total. The molecule has 1 aromatic heterocycles. The summed E-state index contributed by atoms with van der Waals surface area (Å²) in [7, 11) is -3.57. The van der Waals surface area contributed by atoms with Crippen molar-refractivity contribution in [2.24, 2.45) is 0 Å². The second kappa shape index (κ2) is 5.11. The minimum Gasteiger partial charge on any atom is -0.264 e. The van der Waals surface area contributed by atoms with Crippen molar-refractivity contribution in [3.8, 4) is 0 Å². The van der Waals surface area contributed by atoms with Gasteiger partial charge in [-0.05, 0) is 30.7 Å². The molecule has 0 saturated heterocycles. The Labute approximate surface area is 114 Å². The second-order valence-corrected chi connectivity index (χ2v) is 6.28. The number of aromatic nitrogens is 2. The second-order valence-electron chi connectivity index (χ2n) is 3.68. The highest BCUT2D eigenvalue weighted by Gasteiger charge is 2.16. The van der Waals surface area contributed by atoms with Crippen LogP contribution in [0.15, 0.2) is 39.8 Å². The van der Waals surface area contributed by atoms with Gasteiger partial charge in [0.15, 0.2) is 0 Å². The van der Waals surface area contributed by atoms with E-state index in [1.807, 2.05) is 6.92 Å². The number of nitrogens with one attached hydrogen (secondary N) is 2. The third-order valence-electron chi connectivity index (χ3n) is 2.46. The highest BCUT2D eigenvalue weighted by atomic mass is 79.9. The number of aryl methyl sites for hydroxylation is 1. The third-order valence-corrected chi connectivity index (χ3v) is 4.35. The van der Waals surface area contributed by atoms with Crippen molar-refractivity contribution in [3.05, 3.63) is 40.5 Å². The Morgan fingerprint density at radius 1 is 1.33 bits per heavy atom. The average Bonchev–Trinajstić information content (AvgIpc) is 2.76. The number of rotatable bonds is 4. The lowest BCUT2D eigenvalue weighted by Crippen LogP contribution is -2.14. The largest absolute Gasteiger partial charge is 0.264 e. The van der Waals surface area contributed by atoms with Crippen LogP contribution in [0.1, 0.15) is 12.5 Å². The van der Waals surface area contributed by atoms with Gasteiger partial charge in [-0.1, -0.05) is 22.9 Å². The quantitative estimate of drug-likeness (QED) is 0.905. The predicted octanol–water partition coefficient (Wildman–Crippen LogP) is 2.54. The van der Waals surface area contributed by atoms with E-state index in [1.54, 1.807) is 18.3 Å². The Balaban J connectivity index is 2.30. The molecule has 0 aliphatic heterocycles. The van der Waals surface area contributed by atoms with E-state index in [1.165, 1.54) is 12.1 Å². The molecule has 0 saturated carbocycles. The van der Waals surface area contributed by atoms with Crippen LogP contribution in [0.5, 0.6) is 0 Å². The van der Waals surface area contributed by atoms with Crippen LogP contribution in [0.25, 0.3) is 0 Å². The molecule has 0 atom stereocenters. The van der Waals surface area contributed by atoms with E-state index < -0.39 is 10.0 Å². The van der Waals surface area contributed by atoms with Gasteiger partial charge in [-0.25, -0.2) is 8.42 Å². The predicted molar refractivity (Wildman–Crippen MR) is 72.9 cm³/mol. The van der Waals surface area contributed by atoms with Gasteiger partial charge in [0.05, 0.1) is 11.1 Å². The summed E-state index contributed by atoms with van der Waals surface area (Å²) in [6, 6.07) is 6.44. The first-order valence-corrected chi connectivity index (χ1v) is 7.61. The molecule has 2 rings (SSSR count). The van der Waals surface area contributed by atoms with Crippen molar-refractivity contribution in [2.75, 3.05) is 4.72 Å². The standard InChI is InChI=1S/C11H12BrN3O2S/c1-2-8-7-13-14-11(8)15-18(16,17)10-5-3-9(12)4-6-10/h3-7H,2H2,1H3,(H2,13,14,15). The molecule has 0 amide bonds. The van der Waals surface area contributed by atoms with E-state index in [4.69, 9.17) is 0 Å². The first kappa shape index (κ1) is 13.1. The van der Waals surface area contributed by atoms with E-state index in [9.17, 15) is 8.42 Å². The van der Waals surface area contributed by atoms with Crippen molar-refractivity contribution in [3.63, 3.8) is 0 Å². The summed E-state index contributed by atoms with van der Waals surface area (Å²) < 4.78 is 27.5. The maximum atomic E-state index is 12.1. The lowest BCUT2D eigenvalue weighted by molar-refractivity contribution is 0.601. The van der Waals surface area contributed by atoms with E-state index in [0.717, 1.165) is 10.0 Å². The molecule has 0 radical (unpaired) electrons. The van der Waals surface area contributed by atoms with Crippen LogP contribution < -0.4 is 4.72 Å². The van der Waals surface area contributed by atoms with E-state index in [0.29, 0.717) is 12.2 Å². The van der Waals surface area contributed by atoms with Gasteiger partial charge >= 0.3 is 0 Å². The topological polar surface area (TPSA) is 74.8 Å². The van der Waals surface area contributed by atoms with Gasteiger partial charge < -0.3 is 0 Å². The first-order chi connectivity index (χ1) is 8.53. The fourth-order valence-corrected chi connectivity index (χ4v) is 2.80. The summed E-state index contributed by atoms with van der Waals surface area (Å²) in [6.07, 6.45) is 2.31. The van der Waals surface area contributed by atoms with Crippen LogP contribution in [0.2, 0.25) is 0 Å². The molecule has 96 valence electrons. The number of nitrogens with zero attached hydrogens (tertiary/aromatic N) is 1. The van der Waals surface area contributed by atoms with Crippen LogP contribution in [0.3, 0.4) is 0 Å². The molecule has 18 heavy (non-hydrogen) atoms. The summed E-state index contributed by atoms with van der Waals surface area (Å²) >= 11 is 3.26. The number of hydrogen-bond acceptors (Lipinski definition) is 3. The molecule has 0 bridgehead atoms. The maximum Gasteiger partial charge on any atom is 0.263 e. The lowest BCUT2D eigenvalue weighted by atomic mass is 10.3. The molecule has 1 heterocycles. The Morgan fingerprint density at radius 2 is 2.00 bits per heavy atom. The monoisotopic (exact) mass is 329 g/mol. The molecule has 0 spiro atoms. The Hall–Kier alpha value is -1.34. The van der Waals surface area contributed by atoms with Gasteiger partial charge in [-0.15, -0.1) is 0 Å². The molecule has 0 aliphatic rings. The molecule has 0 unspecified atom stereocenters. The van der Waals surface area contributed by atoms with Crippen molar-refractivity contribution < 1.29 is 8.42 Å². The Kier molecular flexibility index (Phi) is 3.72. The summed E-state index contributed by atoms with van der Waals surface area (Å²) in [6.45, 7) is 1.93. The number of anilines is 1. The third kappa shape index (κ3) is 2.73. The number of halogens is 1. The fraction of sp³-hybridized carbons (Fsp3) is 0.182. The zero-order valence-electron chi connectivity index (χ0n) is 9.64. The minimum atomic E-state index is -3.57. The smallest absolute Gasteiger partial charge is 0.263 e. The van der Waals surface area contributed by atoms with Crippen molar-refractivity contribution >= 4 is 31.8 Å². The van der Waals surface area contributed by atoms with Gasteiger partial charge in [0.2, 0.25) is 0 Å². The van der Waals surface area contributed by atoms with Crippen LogP contribution in [-0.2, 0) is 16.4 Å². The molecule has 0 fully saturated rings. The minimum absolute atomic E-state index is 0.211. The van der Waals surface area contributed by atoms with Crippen LogP contribution >= 0.6 is 15.9 Å². The fourth-order valence-electron chi connectivity index (χ4n) is 1.47. The molecular weight excluding hydrogens is 318 g/mol. The van der Waals surface area contributed by atoms with Gasteiger partial charge in [-0.3, -0.25) is 9.82 Å². The SMILES string of the molecule is CCc1cn[nH]c1NS(=O)(=O)c1ccc(Br)cc1. The number of hydrogen-bond donors (Lipinski definition) is 2. The molecule has 0 aliphatic carbocycles. The van der Waals surface area contributed by atoms with Gasteiger partial charge in [0.25, 0.3) is 10.0 Å². The van der Waals surface area contributed by atoms with E-state index >= 15 is 0 Å². The normalized spacial score (nSPS) is 11.4. The molecular formula is C11H12BrN3O2S. The molecule has 2 aromatic rings. The van der Waals surface area contributed by atoms with E-state index in [2.05, 4.69) is 30.8 Å². The van der Waals surface area contributed by atoms with Gasteiger partial charge in [-0.2, -0.15) is 5.10 Å². The average molecular weight is 330 g/mol. The van der Waals surface area contributed by atoms with Crippen molar-refractivity contribution in [1.82, 2.24) is 10.2 Å². The summed E-state index contributed by atoms with van der Waals surface area (Å²) in [5.41, 5.74) is 0.829.